The van der Waals surface area contributed by atoms with Gasteiger partial charge in [-0.05, 0) is 76.2 Å². The van der Waals surface area contributed by atoms with Gasteiger partial charge in [-0.3, -0.25) is 19.5 Å². The molecule has 8 heteroatoms. The first-order valence-corrected chi connectivity index (χ1v) is 12.7. The quantitative estimate of drug-likeness (QED) is 0.469. The second-order valence-corrected chi connectivity index (χ2v) is 9.86. The summed E-state index contributed by atoms with van der Waals surface area (Å²) in [4.78, 5) is 49.0. The SMILES string of the molecule is CCC[C@@]1(C2CCN(C(=O)/C=C/c3ccccn3)CC2)NC(=O)N(CC[C@H]2CCCN2C)C1=O. The monoisotopic (exact) mass is 467 g/mol. The second kappa shape index (κ2) is 10.7. The minimum absolute atomic E-state index is 0.0341. The zero-order valence-electron chi connectivity index (χ0n) is 20.4. The van der Waals surface area contributed by atoms with Crippen LogP contribution in [0.3, 0.4) is 0 Å². The Kier molecular flexibility index (Phi) is 7.66. The summed E-state index contributed by atoms with van der Waals surface area (Å²) < 4.78 is 0. The standard InChI is InChI=1S/C26H37N5O3/c1-3-14-26(24(33)31(25(34)28-26)19-13-22-8-6-16-29(22)2)20-11-17-30(18-12-20)23(32)10-9-21-7-4-5-15-27-21/h4-5,7,9-10,15,20,22H,3,6,8,11-14,16-19H2,1-2H3,(H,28,34)/b10-9+/t22-,26+/m1/s1. The number of carbonyl (C=O) groups is 3. The van der Waals surface area contributed by atoms with Crippen molar-refractivity contribution < 1.29 is 14.4 Å². The van der Waals surface area contributed by atoms with E-state index >= 15 is 0 Å². The molecule has 2 atom stereocenters. The number of rotatable bonds is 8. The van der Waals surface area contributed by atoms with Crippen molar-refractivity contribution >= 4 is 23.9 Å². The molecular weight excluding hydrogens is 430 g/mol. The molecule has 3 aliphatic rings. The van der Waals surface area contributed by atoms with Gasteiger partial charge in [0.05, 0.1) is 5.69 Å². The highest BCUT2D eigenvalue weighted by Gasteiger charge is 2.55. The normalized spacial score (nSPS) is 26.6. The molecule has 0 unspecified atom stereocenters. The molecule has 0 aromatic carbocycles. The van der Waals surface area contributed by atoms with E-state index in [0.717, 1.165) is 31.5 Å². The number of pyridine rings is 1. The molecule has 0 aliphatic carbocycles. The fourth-order valence-corrected chi connectivity index (χ4v) is 5.84. The lowest BCUT2D eigenvalue weighted by Crippen LogP contribution is -2.56. The maximum absolute atomic E-state index is 13.6. The number of hydrogen-bond donors (Lipinski definition) is 1. The summed E-state index contributed by atoms with van der Waals surface area (Å²) in [5.41, 5.74) is -0.0948. The van der Waals surface area contributed by atoms with Gasteiger partial charge in [0.15, 0.2) is 0 Å². The van der Waals surface area contributed by atoms with Crippen molar-refractivity contribution in [3.8, 4) is 0 Å². The Bertz CT molecular complexity index is 912. The van der Waals surface area contributed by atoms with Crippen molar-refractivity contribution in [3.63, 3.8) is 0 Å². The van der Waals surface area contributed by atoms with Crippen LogP contribution in [-0.4, -0.2) is 82.3 Å². The number of imide groups is 1. The molecule has 1 aromatic rings. The molecule has 4 amide bonds. The van der Waals surface area contributed by atoms with Gasteiger partial charge in [0.1, 0.15) is 5.54 Å². The van der Waals surface area contributed by atoms with Gasteiger partial charge in [-0.25, -0.2) is 4.79 Å². The van der Waals surface area contributed by atoms with Gasteiger partial charge in [-0.15, -0.1) is 0 Å². The Morgan fingerprint density at radius 2 is 2.00 bits per heavy atom. The molecule has 8 nitrogen and oxygen atoms in total. The molecule has 4 heterocycles. The van der Waals surface area contributed by atoms with Gasteiger partial charge in [0.2, 0.25) is 5.91 Å². The zero-order valence-corrected chi connectivity index (χ0v) is 20.4. The Balaban J connectivity index is 1.37. The van der Waals surface area contributed by atoms with Crippen LogP contribution in [0, 0.1) is 5.92 Å². The average molecular weight is 468 g/mol. The van der Waals surface area contributed by atoms with E-state index in [2.05, 4.69) is 29.2 Å². The first kappa shape index (κ1) is 24.4. The third-order valence-electron chi connectivity index (χ3n) is 7.79. The molecule has 1 N–H and O–H groups in total. The van der Waals surface area contributed by atoms with E-state index in [4.69, 9.17) is 0 Å². The first-order chi connectivity index (χ1) is 16.4. The van der Waals surface area contributed by atoms with Gasteiger partial charge in [-0.2, -0.15) is 0 Å². The summed E-state index contributed by atoms with van der Waals surface area (Å²) >= 11 is 0. The predicted molar refractivity (Wildman–Crippen MR) is 131 cm³/mol. The number of hydrogen-bond acceptors (Lipinski definition) is 5. The van der Waals surface area contributed by atoms with E-state index in [0.29, 0.717) is 44.9 Å². The number of amides is 4. The highest BCUT2D eigenvalue weighted by atomic mass is 16.2. The smallest absolute Gasteiger partial charge is 0.325 e. The zero-order chi connectivity index (χ0) is 24.1. The molecule has 3 fully saturated rings. The van der Waals surface area contributed by atoms with Crippen LogP contribution < -0.4 is 5.32 Å². The minimum Gasteiger partial charge on any atom is -0.339 e. The number of piperidine rings is 1. The predicted octanol–water partition coefficient (Wildman–Crippen LogP) is 2.91. The van der Waals surface area contributed by atoms with E-state index in [9.17, 15) is 14.4 Å². The van der Waals surface area contributed by atoms with Crippen LogP contribution in [0.2, 0.25) is 0 Å². The molecule has 4 rings (SSSR count). The maximum Gasteiger partial charge on any atom is 0.325 e. The Morgan fingerprint density at radius 1 is 1.21 bits per heavy atom. The number of nitrogens with zero attached hydrogens (tertiary/aromatic N) is 4. The van der Waals surface area contributed by atoms with Crippen LogP contribution in [0.15, 0.2) is 30.5 Å². The first-order valence-electron chi connectivity index (χ1n) is 12.7. The number of urea groups is 1. The molecular formula is C26H37N5O3. The van der Waals surface area contributed by atoms with Crippen molar-refractivity contribution in [1.82, 2.24) is 25.0 Å². The molecule has 3 saturated heterocycles. The minimum atomic E-state index is -0.841. The Labute approximate surface area is 202 Å². The fraction of sp³-hybridized carbons (Fsp3) is 0.615. The van der Waals surface area contributed by atoms with Crippen LogP contribution >= 0.6 is 0 Å². The van der Waals surface area contributed by atoms with Gasteiger partial charge in [-0.1, -0.05) is 19.4 Å². The van der Waals surface area contributed by atoms with Crippen molar-refractivity contribution in [2.45, 2.75) is 63.5 Å². The fourth-order valence-electron chi connectivity index (χ4n) is 5.84. The van der Waals surface area contributed by atoms with Crippen LogP contribution in [0.5, 0.6) is 0 Å². The largest absolute Gasteiger partial charge is 0.339 e. The number of nitrogens with one attached hydrogen (secondary N) is 1. The Morgan fingerprint density at radius 3 is 2.65 bits per heavy atom. The molecule has 0 spiro atoms. The molecule has 184 valence electrons. The summed E-state index contributed by atoms with van der Waals surface area (Å²) in [5, 5.41) is 3.11. The average Bonchev–Trinajstić information content (AvgIpc) is 3.37. The van der Waals surface area contributed by atoms with E-state index in [1.807, 2.05) is 23.1 Å². The van der Waals surface area contributed by atoms with E-state index in [-0.39, 0.29) is 23.8 Å². The van der Waals surface area contributed by atoms with E-state index in [1.54, 1.807) is 18.3 Å². The topological polar surface area (TPSA) is 85.8 Å². The summed E-state index contributed by atoms with van der Waals surface area (Å²) in [5.74, 6) is -0.0792. The van der Waals surface area contributed by atoms with E-state index in [1.165, 1.54) is 11.3 Å². The lowest BCUT2D eigenvalue weighted by molar-refractivity contribution is -0.135. The summed E-state index contributed by atoms with van der Waals surface area (Å²) in [6.45, 7) is 4.77. The summed E-state index contributed by atoms with van der Waals surface area (Å²) in [6, 6.07) is 5.77. The van der Waals surface area contributed by atoms with Crippen molar-refractivity contribution in [3.05, 3.63) is 36.2 Å². The van der Waals surface area contributed by atoms with Crippen LogP contribution in [0.4, 0.5) is 4.79 Å². The summed E-state index contributed by atoms with van der Waals surface area (Å²) in [7, 11) is 2.12. The number of aromatic nitrogens is 1. The molecule has 1 aromatic heterocycles. The van der Waals surface area contributed by atoms with Crippen LogP contribution in [-0.2, 0) is 9.59 Å². The van der Waals surface area contributed by atoms with Gasteiger partial charge < -0.3 is 15.1 Å². The Hall–Kier alpha value is -2.74. The van der Waals surface area contributed by atoms with E-state index < -0.39 is 5.54 Å². The third kappa shape index (κ3) is 5.02. The van der Waals surface area contributed by atoms with Crippen molar-refractivity contribution in [1.29, 1.82) is 0 Å². The number of carbonyl (C=O) groups excluding carboxylic acids is 3. The van der Waals surface area contributed by atoms with Gasteiger partial charge >= 0.3 is 6.03 Å². The number of likely N-dealkylation sites (tertiary alicyclic amines) is 2. The van der Waals surface area contributed by atoms with Crippen LogP contribution in [0.1, 0.15) is 57.6 Å². The highest BCUT2D eigenvalue weighted by molar-refractivity contribution is 6.07. The van der Waals surface area contributed by atoms with Crippen molar-refractivity contribution in [2.75, 3.05) is 33.2 Å². The van der Waals surface area contributed by atoms with Gasteiger partial charge in [0, 0.05) is 37.9 Å². The summed E-state index contributed by atoms with van der Waals surface area (Å²) in [6.07, 6.45) is 11.0. The molecule has 0 bridgehead atoms. The third-order valence-corrected chi connectivity index (χ3v) is 7.79. The molecule has 0 radical (unpaired) electrons. The lowest BCUT2D eigenvalue weighted by atomic mass is 9.74. The van der Waals surface area contributed by atoms with Crippen LogP contribution in [0.25, 0.3) is 6.08 Å². The highest BCUT2D eigenvalue weighted by Crippen LogP contribution is 2.37. The molecule has 3 aliphatic heterocycles. The van der Waals surface area contributed by atoms with Crippen molar-refractivity contribution in [2.24, 2.45) is 5.92 Å². The lowest BCUT2D eigenvalue weighted by Gasteiger charge is -2.40. The second-order valence-electron chi connectivity index (χ2n) is 9.86. The molecule has 0 saturated carbocycles. The maximum atomic E-state index is 13.6. The molecule has 34 heavy (non-hydrogen) atoms. The van der Waals surface area contributed by atoms with Gasteiger partial charge in [0.25, 0.3) is 5.91 Å².